The maximum Gasteiger partial charge on any atom is 0.143 e. The predicted octanol–water partition coefficient (Wildman–Crippen LogP) is 8.04. The SMILES string of the molecule is COc1ccc(C(OC[C@H]2O[C@@H](n3ccc4c(-c5cccs5)cccc43)C[C@@H]2O)(c2ccccc2)c2ccc(OC)cc2)cc1. The van der Waals surface area contributed by atoms with Crippen LogP contribution in [0.25, 0.3) is 21.3 Å². The summed E-state index contributed by atoms with van der Waals surface area (Å²) >= 11 is 1.73. The van der Waals surface area contributed by atoms with Crippen LogP contribution < -0.4 is 9.47 Å². The lowest BCUT2D eigenvalue weighted by molar-refractivity contribution is -0.0929. The van der Waals surface area contributed by atoms with Gasteiger partial charge in [0.05, 0.1) is 32.4 Å². The number of aliphatic hydroxyl groups is 1. The van der Waals surface area contributed by atoms with Crippen LogP contribution in [0.5, 0.6) is 11.5 Å². The van der Waals surface area contributed by atoms with Crippen LogP contribution in [-0.4, -0.2) is 42.7 Å². The van der Waals surface area contributed by atoms with Crippen LogP contribution in [-0.2, 0) is 15.1 Å². The van der Waals surface area contributed by atoms with Crippen molar-refractivity contribution in [3.63, 3.8) is 0 Å². The van der Waals surface area contributed by atoms with E-state index in [0.717, 1.165) is 33.7 Å². The summed E-state index contributed by atoms with van der Waals surface area (Å²) in [5, 5.41) is 14.6. The topological polar surface area (TPSA) is 62.1 Å². The van der Waals surface area contributed by atoms with Crippen molar-refractivity contribution >= 4 is 22.2 Å². The minimum atomic E-state index is -0.989. The molecule has 0 bridgehead atoms. The van der Waals surface area contributed by atoms with E-state index in [1.165, 1.54) is 15.8 Å². The van der Waals surface area contributed by atoms with Crippen LogP contribution in [0.15, 0.2) is 127 Å². The molecule has 1 saturated heterocycles. The summed E-state index contributed by atoms with van der Waals surface area (Å²) in [5.74, 6) is 1.52. The van der Waals surface area contributed by atoms with Gasteiger partial charge in [0.1, 0.15) is 29.4 Å². The summed E-state index contributed by atoms with van der Waals surface area (Å²) in [5.41, 5.74) is 4.11. The molecule has 6 aromatic rings. The number of thiophene rings is 1. The van der Waals surface area contributed by atoms with E-state index < -0.39 is 17.8 Å². The van der Waals surface area contributed by atoms with Gasteiger partial charge >= 0.3 is 0 Å². The summed E-state index contributed by atoms with van der Waals surface area (Å²) in [6.07, 6.45) is 0.967. The molecule has 0 unspecified atom stereocenters. The molecule has 2 aromatic heterocycles. The largest absolute Gasteiger partial charge is 0.497 e. The third-order valence-electron chi connectivity index (χ3n) is 8.70. The van der Waals surface area contributed by atoms with Gasteiger partial charge in [-0.3, -0.25) is 0 Å². The molecular weight excluding hydrogens is 582 g/mol. The molecule has 228 valence electrons. The van der Waals surface area contributed by atoms with E-state index in [-0.39, 0.29) is 12.8 Å². The highest BCUT2D eigenvalue weighted by Crippen LogP contribution is 2.43. The number of aliphatic hydroxyl groups excluding tert-OH is 1. The van der Waals surface area contributed by atoms with Gasteiger partial charge in [0.15, 0.2) is 0 Å². The quantitative estimate of drug-likeness (QED) is 0.158. The number of fused-ring (bicyclic) bond motifs is 1. The number of hydrogen-bond acceptors (Lipinski definition) is 6. The molecule has 7 heteroatoms. The Morgan fingerprint density at radius 1 is 0.778 bits per heavy atom. The smallest absolute Gasteiger partial charge is 0.143 e. The summed E-state index contributed by atoms with van der Waals surface area (Å²) in [6, 6.07) is 38.8. The van der Waals surface area contributed by atoms with Gasteiger partial charge in [-0.15, -0.1) is 11.3 Å². The first-order chi connectivity index (χ1) is 22.1. The van der Waals surface area contributed by atoms with Gasteiger partial charge in [0.25, 0.3) is 0 Å². The molecule has 1 aliphatic rings. The second-order valence-corrected chi connectivity index (χ2v) is 12.1. The van der Waals surface area contributed by atoms with Gasteiger partial charge in [0.2, 0.25) is 0 Å². The van der Waals surface area contributed by atoms with Crippen LogP contribution in [0.1, 0.15) is 29.3 Å². The fourth-order valence-corrected chi connectivity index (χ4v) is 7.17. The first-order valence-corrected chi connectivity index (χ1v) is 15.9. The van der Waals surface area contributed by atoms with Gasteiger partial charge in [0, 0.05) is 28.4 Å². The number of ether oxygens (including phenoxy) is 4. The van der Waals surface area contributed by atoms with E-state index >= 15 is 0 Å². The number of nitrogens with zero attached hydrogens (tertiary/aromatic N) is 1. The van der Waals surface area contributed by atoms with E-state index in [1.54, 1.807) is 25.6 Å². The van der Waals surface area contributed by atoms with Crippen LogP contribution >= 0.6 is 11.3 Å². The number of rotatable bonds is 10. The Balaban J connectivity index is 1.23. The Morgan fingerprint density at radius 2 is 1.44 bits per heavy atom. The average molecular weight is 618 g/mol. The Morgan fingerprint density at radius 3 is 2.07 bits per heavy atom. The molecule has 1 fully saturated rings. The molecule has 1 N–H and O–H groups in total. The van der Waals surface area contributed by atoms with Crippen molar-refractivity contribution in [2.75, 3.05) is 20.8 Å². The molecule has 7 rings (SSSR count). The van der Waals surface area contributed by atoms with Gasteiger partial charge in [-0.2, -0.15) is 0 Å². The summed E-state index contributed by atoms with van der Waals surface area (Å²) in [6.45, 7) is 0.171. The number of hydrogen-bond donors (Lipinski definition) is 1. The summed E-state index contributed by atoms with van der Waals surface area (Å²) in [4.78, 5) is 1.23. The highest BCUT2D eigenvalue weighted by Gasteiger charge is 2.42. The van der Waals surface area contributed by atoms with E-state index in [2.05, 4.69) is 64.7 Å². The first-order valence-electron chi connectivity index (χ1n) is 15.1. The molecular formula is C38H35NO5S. The molecule has 0 aliphatic carbocycles. The first kappa shape index (κ1) is 29.3. The lowest BCUT2D eigenvalue weighted by Crippen LogP contribution is -2.38. The van der Waals surface area contributed by atoms with E-state index in [4.69, 9.17) is 18.9 Å². The number of methoxy groups -OCH3 is 2. The molecule has 6 nitrogen and oxygen atoms in total. The molecule has 0 saturated carbocycles. The van der Waals surface area contributed by atoms with Crippen LogP contribution in [0.4, 0.5) is 0 Å². The molecule has 45 heavy (non-hydrogen) atoms. The zero-order valence-corrected chi connectivity index (χ0v) is 26.0. The number of benzene rings is 4. The van der Waals surface area contributed by atoms with E-state index in [1.807, 2.05) is 66.7 Å². The second kappa shape index (κ2) is 12.5. The molecule has 0 spiro atoms. The normalized spacial score (nSPS) is 18.3. The third kappa shape index (κ3) is 5.42. The molecule has 4 aromatic carbocycles. The van der Waals surface area contributed by atoms with Crippen molar-refractivity contribution in [3.8, 4) is 21.9 Å². The molecule has 3 atom stereocenters. The Hall–Kier alpha value is -4.40. The monoisotopic (exact) mass is 617 g/mol. The van der Waals surface area contributed by atoms with Gasteiger partial charge in [-0.05, 0) is 64.5 Å². The highest BCUT2D eigenvalue weighted by atomic mass is 32.1. The van der Waals surface area contributed by atoms with Crippen molar-refractivity contribution in [2.24, 2.45) is 0 Å². The van der Waals surface area contributed by atoms with Crippen molar-refractivity contribution in [1.29, 1.82) is 0 Å². The summed E-state index contributed by atoms with van der Waals surface area (Å²) < 4.78 is 26.7. The van der Waals surface area contributed by atoms with Gasteiger partial charge < -0.3 is 28.6 Å². The van der Waals surface area contributed by atoms with E-state index in [0.29, 0.717) is 6.42 Å². The standard InChI is InChI=1S/C38H35NO5S/c1-41-29-17-13-27(14-18-29)38(26-8-4-3-5-9-26,28-15-19-30(42-2)20-16-28)43-25-35-34(40)24-37(44-35)39-22-21-31-32(10-6-11-33(31)39)36-12-7-23-45-36/h3-23,34-35,37,40H,24-25H2,1-2H3/t34-,35+,37+/m0/s1. The third-order valence-corrected chi connectivity index (χ3v) is 9.60. The van der Waals surface area contributed by atoms with E-state index in [9.17, 15) is 5.11 Å². The zero-order valence-electron chi connectivity index (χ0n) is 25.2. The molecule has 3 heterocycles. The fourth-order valence-electron chi connectivity index (χ4n) is 6.40. The lowest BCUT2D eigenvalue weighted by atomic mass is 9.80. The lowest BCUT2D eigenvalue weighted by Gasteiger charge is -2.37. The van der Waals surface area contributed by atoms with Crippen molar-refractivity contribution in [2.45, 2.75) is 30.5 Å². The van der Waals surface area contributed by atoms with Crippen LogP contribution in [0, 0.1) is 0 Å². The number of aromatic nitrogens is 1. The van der Waals surface area contributed by atoms with Crippen molar-refractivity contribution in [1.82, 2.24) is 4.57 Å². The Bertz CT molecular complexity index is 1800. The zero-order chi connectivity index (χ0) is 30.8. The minimum Gasteiger partial charge on any atom is -0.497 e. The van der Waals surface area contributed by atoms with Gasteiger partial charge in [-0.25, -0.2) is 0 Å². The Kier molecular flexibility index (Phi) is 8.17. The van der Waals surface area contributed by atoms with Crippen molar-refractivity contribution < 1.29 is 24.1 Å². The molecule has 0 amide bonds. The maximum absolute atomic E-state index is 11.3. The summed E-state index contributed by atoms with van der Waals surface area (Å²) in [7, 11) is 3.32. The average Bonchev–Trinajstić information content (AvgIpc) is 3.87. The predicted molar refractivity (Wildman–Crippen MR) is 178 cm³/mol. The fraction of sp³-hybridized carbons (Fsp3) is 0.211. The van der Waals surface area contributed by atoms with Crippen LogP contribution in [0.3, 0.4) is 0 Å². The molecule has 1 aliphatic heterocycles. The maximum atomic E-state index is 11.3. The van der Waals surface area contributed by atoms with Crippen molar-refractivity contribution in [3.05, 3.63) is 144 Å². The Labute approximate surface area is 267 Å². The van der Waals surface area contributed by atoms with Crippen LogP contribution in [0.2, 0.25) is 0 Å². The second-order valence-electron chi connectivity index (χ2n) is 11.2. The minimum absolute atomic E-state index is 0.171. The highest BCUT2D eigenvalue weighted by molar-refractivity contribution is 7.13. The molecule has 0 radical (unpaired) electrons. The van der Waals surface area contributed by atoms with Gasteiger partial charge in [-0.1, -0.05) is 72.8 Å².